The van der Waals surface area contributed by atoms with Gasteiger partial charge in [0.05, 0.1) is 0 Å². The highest BCUT2D eigenvalue weighted by Gasteiger charge is 2.16. The van der Waals surface area contributed by atoms with Gasteiger partial charge in [0, 0.05) is 24.2 Å². The van der Waals surface area contributed by atoms with Gasteiger partial charge in [-0.3, -0.25) is 4.90 Å². The molecule has 1 N–H and O–H groups in total. The van der Waals surface area contributed by atoms with E-state index in [0.717, 1.165) is 24.4 Å². The SMILES string of the molecule is CN(Cc1ccccc1)C(CCCO)c1ccc(Cl)cc1. The van der Waals surface area contributed by atoms with E-state index in [2.05, 4.69) is 48.3 Å². The number of aliphatic hydroxyl groups is 1. The standard InChI is InChI=1S/C18H22ClNO/c1-20(14-15-6-3-2-4-7-15)18(8-5-13-21)16-9-11-17(19)12-10-16/h2-4,6-7,9-12,18,21H,5,8,13-14H2,1H3. The van der Waals surface area contributed by atoms with Crippen LogP contribution in [0.5, 0.6) is 0 Å². The lowest BCUT2D eigenvalue weighted by Gasteiger charge is -2.28. The van der Waals surface area contributed by atoms with Gasteiger partial charge in [-0.2, -0.15) is 0 Å². The van der Waals surface area contributed by atoms with Crippen LogP contribution in [0.25, 0.3) is 0 Å². The number of nitrogens with zero attached hydrogens (tertiary/aromatic N) is 1. The van der Waals surface area contributed by atoms with E-state index in [1.807, 2.05) is 18.2 Å². The van der Waals surface area contributed by atoms with Crippen molar-refractivity contribution in [2.24, 2.45) is 0 Å². The lowest BCUT2D eigenvalue weighted by molar-refractivity contribution is 0.201. The molecule has 21 heavy (non-hydrogen) atoms. The molecular formula is C18H22ClNO. The molecule has 0 spiro atoms. The smallest absolute Gasteiger partial charge is 0.0431 e. The lowest BCUT2D eigenvalue weighted by Crippen LogP contribution is -2.24. The van der Waals surface area contributed by atoms with Crippen LogP contribution < -0.4 is 0 Å². The monoisotopic (exact) mass is 303 g/mol. The summed E-state index contributed by atoms with van der Waals surface area (Å²) in [4.78, 5) is 2.33. The molecule has 1 unspecified atom stereocenters. The first-order valence-corrected chi connectivity index (χ1v) is 7.69. The van der Waals surface area contributed by atoms with Gasteiger partial charge in [0.2, 0.25) is 0 Å². The van der Waals surface area contributed by atoms with E-state index >= 15 is 0 Å². The molecule has 3 heteroatoms. The van der Waals surface area contributed by atoms with Crippen LogP contribution in [0, 0.1) is 0 Å². The van der Waals surface area contributed by atoms with Crippen molar-refractivity contribution < 1.29 is 5.11 Å². The number of hydrogen-bond donors (Lipinski definition) is 1. The molecule has 2 aromatic carbocycles. The fourth-order valence-electron chi connectivity index (χ4n) is 2.59. The maximum Gasteiger partial charge on any atom is 0.0431 e. The summed E-state index contributed by atoms with van der Waals surface area (Å²) in [5.41, 5.74) is 2.54. The normalized spacial score (nSPS) is 12.6. The Balaban J connectivity index is 2.12. The van der Waals surface area contributed by atoms with Crippen molar-refractivity contribution in [3.63, 3.8) is 0 Å². The van der Waals surface area contributed by atoms with E-state index < -0.39 is 0 Å². The Kier molecular flexibility index (Phi) is 6.24. The molecule has 0 bridgehead atoms. The van der Waals surface area contributed by atoms with Crippen molar-refractivity contribution in [3.05, 3.63) is 70.7 Å². The zero-order valence-electron chi connectivity index (χ0n) is 12.4. The predicted octanol–water partition coefficient (Wildman–Crippen LogP) is 4.29. The van der Waals surface area contributed by atoms with Crippen LogP contribution in [0.3, 0.4) is 0 Å². The van der Waals surface area contributed by atoms with Crippen LogP contribution in [0.15, 0.2) is 54.6 Å². The van der Waals surface area contributed by atoms with Crippen LogP contribution in [0.2, 0.25) is 5.02 Å². The number of halogens is 1. The molecule has 2 aromatic rings. The highest BCUT2D eigenvalue weighted by Crippen LogP contribution is 2.27. The molecule has 0 aliphatic rings. The zero-order valence-corrected chi connectivity index (χ0v) is 13.1. The van der Waals surface area contributed by atoms with Crippen molar-refractivity contribution in [1.82, 2.24) is 4.90 Å². The Morgan fingerprint density at radius 3 is 2.33 bits per heavy atom. The first-order valence-electron chi connectivity index (χ1n) is 7.31. The maximum absolute atomic E-state index is 9.14. The Bertz CT molecular complexity index is 527. The van der Waals surface area contributed by atoms with Crippen LogP contribution in [0.1, 0.15) is 30.0 Å². The third-order valence-electron chi connectivity index (χ3n) is 3.70. The summed E-state index contributed by atoms with van der Waals surface area (Å²) in [6.45, 7) is 1.11. The zero-order chi connectivity index (χ0) is 15.1. The summed E-state index contributed by atoms with van der Waals surface area (Å²) >= 11 is 5.98. The molecule has 0 heterocycles. The molecule has 0 amide bonds. The van der Waals surface area contributed by atoms with Gasteiger partial charge in [-0.05, 0) is 43.1 Å². The number of benzene rings is 2. The number of hydrogen-bond acceptors (Lipinski definition) is 2. The van der Waals surface area contributed by atoms with Crippen molar-refractivity contribution in [1.29, 1.82) is 0 Å². The van der Waals surface area contributed by atoms with E-state index in [9.17, 15) is 0 Å². The molecular weight excluding hydrogens is 282 g/mol. The fraction of sp³-hybridized carbons (Fsp3) is 0.333. The summed E-state index contributed by atoms with van der Waals surface area (Å²) in [5, 5.41) is 9.89. The van der Waals surface area contributed by atoms with E-state index in [1.54, 1.807) is 0 Å². The molecule has 2 rings (SSSR count). The Labute approximate surface area is 132 Å². The van der Waals surface area contributed by atoms with E-state index in [4.69, 9.17) is 16.7 Å². The largest absolute Gasteiger partial charge is 0.396 e. The summed E-state index contributed by atoms with van der Waals surface area (Å²) in [7, 11) is 2.13. The summed E-state index contributed by atoms with van der Waals surface area (Å²) in [6.07, 6.45) is 1.73. The molecule has 0 aromatic heterocycles. The third-order valence-corrected chi connectivity index (χ3v) is 3.95. The highest BCUT2D eigenvalue weighted by atomic mass is 35.5. The lowest BCUT2D eigenvalue weighted by atomic mass is 10.00. The van der Waals surface area contributed by atoms with Crippen LogP contribution in [0.4, 0.5) is 0 Å². The van der Waals surface area contributed by atoms with Crippen molar-refractivity contribution in [2.45, 2.75) is 25.4 Å². The molecule has 2 nitrogen and oxygen atoms in total. The average Bonchev–Trinajstić information content (AvgIpc) is 2.50. The molecule has 1 atom stereocenters. The van der Waals surface area contributed by atoms with Gasteiger partial charge in [0.25, 0.3) is 0 Å². The summed E-state index contributed by atoms with van der Waals surface area (Å²) in [5.74, 6) is 0. The van der Waals surface area contributed by atoms with E-state index in [-0.39, 0.29) is 12.6 Å². The van der Waals surface area contributed by atoms with Crippen molar-refractivity contribution in [3.8, 4) is 0 Å². The molecule has 112 valence electrons. The van der Waals surface area contributed by atoms with Gasteiger partial charge in [-0.25, -0.2) is 0 Å². The number of aliphatic hydroxyl groups excluding tert-OH is 1. The second-order valence-electron chi connectivity index (χ2n) is 5.33. The first-order chi connectivity index (χ1) is 10.2. The molecule has 0 saturated heterocycles. The van der Waals surface area contributed by atoms with Crippen LogP contribution in [-0.4, -0.2) is 23.7 Å². The predicted molar refractivity (Wildman–Crippen MR) is 88.4 cm³/mol. The topological polar surface area (TPSA) is 23.5 Å². The fourth-order valence-corrected chi connectivity index (χ4v) is 2.72. The molecule has 0 radical (unpaired) electrons. The maximum atomic E-state index is 9.14. The van der Waals surface area contributed by atoms with Gasteiger partial charge >= 0.3 is 0 Å². The molecule has 0 aliphatic heterocycles. The first kappa shape index (κ1) is 16.0. The minimum atomic E-state index is 0.225. The van der Waals surface area contributed by atoms with Crippen molar-refractivity contribution in [2.75, 3.05) is 13.7 Å². The quantitative estimate of drug-likeness (QED) is 0.825. The average molecular weight is 304 g/mol. The van der Waals surface area contributed by atoms with E-state index in [0.29, 0.717) is 0 Å². The highest BCUT2D eigenvalue weighted by molar-refractivity contribution is 6.30. The molecule has 0 aliphatic carbocycles. The van der Waals surface area contributed by atoms with Crippen LogP contribution >= 0.6 is 11.6 Å². The second kappa shape index (κ2) is 8.18. The number of rotatable bonds is 7. The third kappa shape index (κ3) is 4.85. The summed E-state index contributed by atoms with van der Waals surface area (Å²) in [6, 6.07) is 18.7. The minimum absolute atomic E-state index is 0.225. The Hall–Kier alpha value is -1.35. The summed E-state index contributed by atoms with van der Waals surface area (Å²) < 4.78 is 0. The van der Waals surface area contributed by atoms with Gasteiger partial charge in [0.15, 0.2) is 0 Å². The Morgan fingerprint density at radius 2 is 1.71 bits per heavy atom. The minimum Gasteiger partial charge on any atom is -0.396 e. The molecule has 0 fully saturated rings. The molecule has 0 saturated carbocycles. The van der Waals surface area contributed by atoms with Gasteiger partial charge in [-0.1, -0.05) is 54.1 Å². The second-order valence-corrected chi connectivity index (χ2v) is 5.77. The Morgan fingerprint density at radius 1 is 1.05 bits per heavy atom. The van der Waals surface area contributed by atoms with Gasteiger partial charge in [0.1, 0.15) is 0 Å². The van der Waals surface area contributed by atoms with Crippen molar-refractivity contribution >= 4 is 11.6 Å². The van der Waals surface area contributed by atoms with E-state index in [1.165, 1.54) is 11.1 Å². The van der Waals surface area contributed by atoms with Gasteiger partial charge in [-0.15, -0.1) is 0 Å². The van der Waals surface area contributed by atoms with Gasteiger partial charge < -0.3 is 5.11 Å². The van der Waals surface area contributed by atoms with Crippen LogP contribution in [-0.2, 0) is 6.54 Å².